The fourth-order valence-corrected chi connectivity index (χ4v) is 1.61. The van der Waals surface area contributed by atoms with Crippen molar-refractivity contribution < 1.29 is 13.9 Å². The number of ether oxygens (including phenoxy) is 1. The Bertz CT molecular complexity index is 443. The van der Waals surface area contributed by atoms with E-state index < -0.39 is 0 Å². The Morgan fingerprint density at radius 2 is 2.11 bits per heavy atom. The smallest absolute Gasteiger partial charge is 0.333 e. The first kappa shape index (κ1) is 14.2. The van der Waals surface area contributed by atoms with Crippen LogP contribution in [0, 0.1) is 5.82 Å². The molecule has 0 unspecified atom stereocenters. The van der Waals surface area contributed by atoms with Gasteiger partial charge in [0.15, 0.2) is 0 Å². The molecule has 0 N–H and O–H groups in total. The molecule has 18 heavy (non-hydrogen) atoms. The van der Waals surface area contributed by atoms with Gasteiger partial charge in [0.05, 0.1) is 12.8 Å². The van der Waals surface area contributed by atoms with Crippen LogP contribution in [0.1, 0.15) is 13.3 Å². The fourth-order valence-electron chi connectivity index (χ4n) is 1.61. The number of esters is 1. The summed E-state index contributed by atoms with van der Waals surface area (Å²) in [7, 11) is 3.13. The second-order valence-electron chi connectivity index (χ2n) is 3.91. The van der Waals surface area contributed by atoms with E-state index >= 15 is 0 Å². The number of hydrogen-bond acceptors (Lipinski definition) is 3. The molecule has 0 spiro atoms. The van der Waals surface area contributed by atoms with E-state index in [1.165, 1.54) is 13.2 Å². The first-order valence-corrected chi connectivity index (χ1v) is 5.83. The van der Waals surface area contributed by atoms with Gasteiger partial charge in [0.1, 0.15) is 5.82 Å². The van der Waals surface area contributed by atoms with Gasteiger partial charge >= 0.3 is 5.97 Å². The van der Waals surface area contributed by atoms with E-state index in [-0.39, 0.29) is 11.8 Å². The lowest BCUT2D eigenvalue weighted by Crippen LogP contribution is -2.19. The number of hydrogen-bond donors (Lipinski definition) is 0. The molecule has 0 atom stereocenters. The molecule has 1 aromatic rings. The zero-order chi connectivity index (χ0) is 13.5. The summed E-state index contributed by atoms with van der Waals surface area (Å²) in [6, 6.07) is 6.54. The van der Waals surface area contributed by atoms with Gasteiger partial charge in [-0.25, -0.2) is 9.18 Å². The molecule has 0 aliphatic carbocycles. The molecule has 98 valence electrons. The van der Waals surface area contributed by atoms with Crippen molar-refractivity contribution in [2.24, 2.45) is 0 Å². The molecule has 0 heterocycles. The molecule has 0 fully saturated rings. The number of likely N-dealkylation sites (N-methyl/N-ethyl adjacent to an activating group) is 1. The maximum atomic E-state index is 13.5. The predicted molar refractivity (Wildman–Crippen MR) is 70.1 cm³/mol. The number of methoxy groups -OCH3 is 1. The van der Waals surface area contributed by atoms with Crippen molar-refractivity contribution in [1.82, 2.24) is 0 Å². The monoisotopic (exact) mass is 251 g/mol. The second kappa shape index (κ2) is 6.79. The van der Waals surface area contributed by atoms with Crippen molar-refractivity contribution >= 4 is 11.7 Å². The number of halogens is 1. The predicted octanol–water partition coefficient (Wildman–Crippen LogP) is 2.77. The summed E-state index contributed by atoms with van der Waals surface area (Å²) in [6.45, 7) is 2.34. The second-order valence-corrected chi connectivity index (χ2v) is 3.91. The van der Waals surface area contributed by atoms with E-state index in [0.717, 1.165) is 0 Å². The fraction of sp³-hybridized carbons (Fsp3) is 0.357. The molecule has 0 saturated heterocycles. The molecular formula is C14H18FNO2. The van der Waals surface area contributed by atoms with E-state index in [4.69, 9.17) is 0 Å². The van der Waals surface area contributed by atoms with Gasteiger partial charge in [-0.2, -0.15) is 0 Å². The van der Waals surface area contributed by atoms with Gasteiger partial charge in [-0.15, -0.1) is 0 Å². The molecule has 0 saturated carbocycles. The van der Waals surface area contributed by atoms with Crippen LogP contribution in [0.25, 0.3) is 0 Å². The molecule has 1 aromatic carbocycles. The molecule has 3 nitrogen and oxygen atoms in total. The Morgan fingerprint density at radius 3 is 2.67 bits per heavy atom. The van der Waals surface area contributed by atoms with Gasteiger partial charge in [0, 0.05) is 19.2 Å². The third kappa shape index (κ3) is 3.58. The van der Waals surface area contributed by atoms with E-state index in [9.17, 15) is 9.18 Å². The molecule has 0 aliphatic rings. The molecule has 0 amide bonds. The van der Waals surface area contributed by atoms with Crippen molar-refractivity contribution in [3.8, 4) is 0 Å². The van der Waals surface area contributed by atoms with Crippen molar-refractivity contribution in [3.05, 3.63) is 41.7 Å². The number of nitrogens with zero attached hydrogens (tertiary/aromatic N) is 1. The first-order chi connectivity index (χ1) is 8.60. The third-order valence-electron chi connectivity index (χ3n) is 2.70. The van der Waals surface area contributed by atoms with Gasteiger partial charge < -0.3 is 9.64 Å². The summed E-state index contributed by atoms with van der Waals surface area (Å²) in [5.74, 6) is -0.607. The average molecular weight is 251 g/mol. The van der Waals surface area contributed by atoms with Gasteiger partial charge in [-0.1, -0.05) is 25.1 Å². The van der Waals surface area contributed by atoms with Crippen LogP contribution >= 0.6 is 0 Å². The van der Waals surface area contributed by atoms with Gasteiger partial charge in [0.25, 0.3) is 0 Å². The minimum atomic E-state index is -0.334. The van der Waals surface area contributed by atoms with Gasteiger partial charge in [-0.3, -0.25) is 0 Å². The maximum absolute atomic E-state index is 13.5. The highest BCUT2D eigenvalue weighted by molar-refractivity contribution is 5.88. The highest BCUT2D eigenvalue weighted by Gasteiger charge is 2.09. The highest BCUT2D eigenvalue weighted by atomic mass is 19.1. The summed E-state index contributed by atoms with van der Waals surface area (Å²) in [6.07, 6.45) is 2.36. The quantitative estimate of drug-likeness (QED) is 0.595. The Hall–Kier alpha value is -1.84. The Balaban J connectivity index is 2.76. The molecule has 0 radical (unpaired) electrons. The topological polar surface area (TPSA) is 29.5 Å². The van der Waals surface area contributed by atoms with Crippen LogP contribution in [0.4, 0.5) is 10.1 Å². The summed E-state index contributed by atoms with van der Waals surface area (Å²) in [4.78, 5) is 13.1. The minimum Gasteiger partial charge on any atom is -0.466 e. The standard InChI is InChI=1S/C14H18FNO2/c1-4-11(14(17)18-3)9-10-16(2)13-8-6-5-7-12(13)15/h5-9H,4,10H2,1-3H3. The highest BCUT2D eigenvalue weighted by Crippen LogP contribution is 2.17. The molecule has 0 aliphatic heterocycles. The zero-order valence-electron chi connectivity index (χ0n) is 10.9. The van der Waals surface area contributed by atoms with Crippen LogP contribution in [0.5, 0.6) is 0 Å². The van der Waals surface area contributed by atoms with Crippen LogP contribution in [0.3, 0.4) is 0 Å². The number of benzene rings is 1. The molecule has 0 bridgehead atoms. The van der Waals surface area contributed by atoms with Crippen molar-refractivity contribution in [2.75, 3.05) is 25.6 Å². The number of rotatable bonds is 5. The molecule has 1 rings (SSSR count). The van der Waals surface area contributed by atoms with Crippen LogP contribution in [-0.2, 0) is 9.53 Å². The van der Waals surface area contributed by atoms with Crippen LogP contribution < -0.4 is 4.90 Å². The lowest BCUT2D eigenvalue weighted by Gasteiger charge is -2.18. The maximum Gasteiger partial charge on any atom is 0.333 e. The Kier molecular flexibility index (Phi) is 5.36. The number of para-hydroxylation sites is 1. The third-order valence-corrected chi connectivity index (χ3v) is 2.70. The van der Waals surface area contributed by atoms with Crippen LogP contribution in [-0.4, -0.2) is 26.7 Å². The van der Waals surface area contributed by atoms with E-state index in [1.807, 2.05) is 6.92 Å². The summed E-state index contributed by atoms with van der Waals surface area (Å²) in [5, 5.41) is 0. The Morgan fingerprint density at radius 1 is 1.44 bits per heavy atom. The van der Waals surface area contributed by atoms with Crippen molar-refractivity contribution in [1.29, 1.82) is 0 Å². The van der Waals surface area contributed by atoms with Crippen LogP contribution in [0.2, 0.25) is 0 Å². The minimum absolute atomic E-state index is 0.274. The molecule has 0 aromatic heterocycles. The number of anilines is 1. The zero-order valence-corrected chi connectivity index (χ0v) is 10.9. The lowest BCUT2D eigenvalue weighted by molar-refractivity contribution is -0.136. The first-order valence-electron chi connectivity index (χ1n) is 5.83. The lowest BCUT2D eigenvalue weighted by atomic mass is 10.2. The van der Waals surface area contributed by atoms with Crippen LogP contribution in [0.15, 0.2) is 35.9 Å². The van der Waals surface area contributed by atoms with E-state index in [1.54, 1.807) is 36.2 Å². The van der Waals surface area contributed by atoms with Crippen molar-refractivity contribution in [2.45, 2.75) is 13.3 Å². The van der Waals surface area contributed by atoms with Crippen molar-refractivity contribution in [3.63, 3.8) is 0 Å². The molecule has 4 heteroatoms. The number of carbonyl (C=O) groups is 1. The van der Waals surface area contributed by atoms with Gasteiger partial charge in [0.2, 0.25) is 0 Å². The van der Waals surface area contributed by atoms with E-state index in [2.05, 4.69) is 4.74 Å². The number of carbonyl (C=O) groups excluding carboxylic acids is 1. The normalized spacial score (nSPS) is 11.2. The molecular weight excluding hydrogens is 233 g/mol. The summed E-state index contributed by atoms with van der Waals surface area (Å²) >= 11 is 0. The SMILES string of the molecule is CCC(=CCN(C)c1ccccc1F)C(=O)OC. The largest absolute Gasteiger partial charge is 0.466 e. The van der Waals surface area contributed by atoms with E-state index in [0.29, 0.717) is 24.2 Å². The summed E-state index contributed by atoms with van der Waals surface area (Å²) < 4.78 is 18.2. The summed E-state index contributed by atoms with van der Waals surface area (Å²) in [5.41, 5.74) is 1.11. The average Bonchev–Trinajstić information content (AvgIpc) is 2.39. The van der Waals surface area contributed by atoms with Gasteiger partial charge in [-0.05, 0) is 18.6 Å². The Labute approximate surface area is 107 Å².